The van der Waals surface area contributed by atoms with Crippen molar-refractivity contribution >= 4 is 23.5 Å². The van der Waals surface area contributed by atoms with Crippen molar-refractivity contribution < 1.29 is 19.5 Å². The van der Waals surface area contributed by atoms with Gasteiger partial charge in [-0.1, -0.05) is 12.1 Å². The Balaban J connectivity index is 1.65. The molecule has 2 aromatic rings. The van der Waals surface area contributed by atoms with E-state index in [2.05, 4.69) is 15.6 Å². The van der Waals surface area contributed by atoms with Gasteiger partial charge in [0.2, 0.25) is 0 Å². The maximum Gasteiger partial charge on any atom is 0.404 e. The first kappa shape index (κ1) is 16.8. The first-order valence-electron chi connectivity index (χ1n) is 8.15. The van der Waals surface area contributed by atoms with Crippen LogP contribution in [0, 0.1) is 0 Å². The monoisotopic (exact) mass is 341 g/mol. The molecule has 0 radical (unpaired) electrons. The van der Waals surface area contributed by atoms with Gasteiger partial charge in [0.05, 0.1) is 11.1 Å². The Morgan fingerprint density at radius 3 is 2.64 bits per heavy atom. The van der Waals surface area contributed by atoms with Gasteiger partial charge in [0.15, 0.2) is 5.78 Å². The molecule has 0 bridgehead atoms. The maximum absolute atomic E-state index is 12.5. The van der Waals surface area contributed by atoms with E-state index in [1.165, 1.54) is 0 Å². The predicted octanol–water partition coefficient (Wildman–Crippen LogP) is 2.60. The van der Waals surface area contributed by atoms with Gasteiger partial charge in [-0.15, -0.1) is 0 Å². The predicted molar refractivity (Wildman–Crippen MR) is 92.2 cm³/mol. The Morgan fingerprint density at radius 1 is 1.16 bits per heavy atom. The number of anilines is 1. The van der Waals surface area contributed by atoms with Crippen molar-refractivity contribution in [2.45, 2.75) is 25.7 Å². The molecule has 2 amide bonds. The molecule has 1 heterocycles. The Morgan fingerprint density at radius 2 is 1.92 bits per heavy atom. The van der Waals surface area contributed by atoms with Gasteiger partial charge in [0.25, 0.3) is 5.91 Å². The summed E-state index contributed by atoms with van der Waals surface area (Å²) in [5.74, 6) is -0.304. The molecule has 0 saturated heterocycles. The molecule has 0 saturated carbocycles. The van der Waals surface area contributed by atoms with E-state index in [0.717, 1.165) is 24.1 Å². The van der Waals surface area contributed by atoms with Crippen molar-refractivity contribution in [2.24, 2.45) is 0 Å². The van der Waals surface area contributed by atoms with Crippen LogP contribution in [0.5, 0.6) is 0 Å². The second kappa shape index (κ2) is 7.21. The largest absolute Gasteiger partial charge is 0.465 e. The van der Waals surface area contributed by atoms with Crippen LogP contribution in [0.3, 0.4) is 0 Å². The molecule has 1 aliphatic rings. The minimum Gasteiger partial charge on any atom is -0.465 e. The second-order valence-corrected chi connectivity index (χ2v) is 5.97. The minimum absolute atomic E-state index is 0.00827. The molecule has 7 heteroatoms. The number of aromatic nitrogens is 1. The average Bonchev–Trinajstić information content (AvgIpc) is 3.02. The summed E-state index contributed by atoms with van der Waals surface area (Å²) in [6.07, 6.45) is 3.19. The fourth-order valence-corrected chi connectivity index (χ4v) is 2.98. The van der Waals surface area contributed by atoms with Gasteiger partial charge >= 0.3 is 6.09 Å². The lowest BCUT2D eigenvalue weighted by Crippen LogP contribution is -2.23. The minimum atomic E-state index is -1.05. The summed E-state index contributed by atoms with van der Waals surface area (Å²) in [6, 6.07) is 7.18. The van der Waals surface area contributed by atoms with Crippen LogP contribution in [0.25, 0.3) is 0 Å². The quantitative estimate of drug-likeness (QED) is 0.670. The van der Waals surface area contributed by atoms with Crippen LogP contribution in [0.4, 0.5) is 10.5 Å². The molecule has 0 atom stereocenters. The van der Waals surface area contributed by atoms with Gasteiger partial charge in [-0.25, -0.2) is 4.79 Å². The van der Waals surface area contributed by atoms with Crippen molar-refractivity contribution in [1.29, 1.82) is 0 Å². The summed E-state index contributed by atoms with van der Waals surface area (Å²) >= 11 is 0. The van der Waals surface area contributed by atoms with Crippen LogP contribution >= 0.6 is 0 Å². The number of hydrogen-bond donors (Lipinski definition) is 4. The smallest absolute Gasteiger partial charge is 0.404 e. The zero-order chi connectivity index (χ0) is 17.8. The topological polar surface area (TPSA) is 111 Å². The molecule has 4 N–H and O–H groups in total. The van der Waals surface area contributed by atoms with Crippen LogP contribution in [-0.2, 0) is 12.8 Å². The van der Waals surface area contributed by atoms with E-state index in [4.69, 9.17) is 5.11 Å². The third-order valence-corrected chi connectivity index (χ3v) is 4.22. The van der Waals surface area contributed by atoms with Crippen molar-refractivity contribution in [2.75, 3.05) is 11.9 Å². The molecule has 3 rings (SSSR count). The van der Waals surface area contributed by atoms with E-state index in [-0.39, 0.29) is 11.7 Å². The number of carbonyl (C=O) groups is 3. The van der Waals surface area contributed by atoms with E-state index in [0.29, 0.717) is 36.2 Å². The molecule has 25 heavy (non-hydrogen) atoms. The summed E-state index contributed by atoms with van der Waals surface area (Å²) < 4.78 is 0. The summed E-state index contributed by atoms with van der Waals surface area (Å²) in [5, 5.41) is 13.6. The SMILES string of the molecule is O=C(O)NCCc1ccc(NC(=O)c2c[nH]c3c2C(=O)CCC3)cc1. The summed E-state index contributed by atoms with van der Waals surface area (Å²) in [5.41, 5.74) is 3.32. The Bertz CT molecular complexity index is 808. The number of benzene rings is 1. The van der Waals surface area contributed by atoms with Gasteiger partial charge in [-0.05, 0) is 37.0 Å². The number of nitrogens with one attached hydrogen (secondary N) is 3. The summed E-state index contributed by atoms with van der Waals surface area (Å²) in [6.45, 7) is 0.332. The van der Waals surface area contributed by atoms with Crippen LogP contribution in [0.1, 0.15) is 44.8 Å². The zero-order valence-electron chi connectivity index (χ0n) is 13.6. The van der Waals surface area contributed by atoms with Crippen LogP contribution in [-0.4, -0.2) is 34.4 Å². The lowest BCUT2D eigenvalue weighted by molar-refractivity contribution is 0.0956. The number of carboxylic acid groups (broad SMARTS) is 1. The molecule has 130 valence electrons. The van der Waals surface area contributed by atoms with Crippen molar-refractivity contribution in [3.8, 4) is 0 Å². The van der Waals surface area contributed by atoms with Gasteiger partial charge in [0.1, 0.15) is 0 Å². The average molecular weight is 341 g/mol. The first-order chi connectivity index (χ1) is 12.0. The van der Waals surface area contributed by atoms with Crippen molar-refractivity contribution in [3.63, 3.8) is 0 Å². The molecule has 0 unspecified atom stereocenters. The fourth-order valence-electron chi connectivity index (χ4n) is 2.98. The normalized spacial score (nSPS) is 13.2. The van der Waals surface area contributed by atoms with Crippen molar-refractivity contribution in [3.05, 3.63) is 52.8 Å². The van der Waals surface area contributed by atoms with E-state index in [9.17, 15) is 14.4 Å². The standard InChI is InChI=1S/C18H19N3O4/c22-15-3-1-2-14-16(15)13(10-20-14)17(23)21-12-6-4-11(5-7-12)8-9-19-18(24)25/h4-7,10,19-20H,1-3,8-9H2,(H,21,23)(H,24,25). The number of fused-ring (bicyclic) bond motifs is 1. The molecule has 0 fully saturated rings. The summed E-state index contributed by atoms with van der Waals surface area (Å²) in [7, 11) is 0. The molecule has 0 aliphatic heterocycles. The van der Waals surface area contributed by atoms with Gasteiger partial charge in [-0.2, -0.15) is 0 Å². The maximum atomic E-state index is 12.5. The molecule has 7 nitrogen and oxygen atoms in total. The summed E-state index contributed by atoms with van der Waals surface area (Å²) in [4.78, 5) is 38.0. The number of hydrogen-bond acceptors (Lipinski definition) is 3. The molecule has 0 spiro atoms. The molecule has 1 aliphatic carbocycles. The number of amides is 2. The van der Waals surface area contributed by atoms with E-state index < -0.39 is 6.09 Å². The lowest BCUT2D eigenvalue weighted by atomic mass is 9.93. The second-order valence-electron chi connectivity index (χ2n) is 5.97. The number of aryl methyl sites for hydroxylation is 1. The van der Waals surface area contributed by atoms with Gasteiger partial charge in [0, 0.05) is 30.5 Å². The van der Waals surface area contributed by atoms with Crippen LogP contribution < -0.4 is 10.6 Å². The van der Waals surface area contributed by atoms with Crippen molar-refractivity contribution in [1.82, 2.24) is 10.3 Å². The van der Waals surface area contributed by atoms with E-state index in [1.807, 2.05) is 12.1 Å². The molecule has 1 aromatic carbocycles. The molecule has 1 aromatic heterocycles. The lowest BCUT2D eigenvalue weighted by Gasteiger charge is -2.12. The molecular weight excluding hydrogens is 322 g/mol. The number of Topliss-reactive ketones (excluding diaryl/α,β-unsaturated/α-hetero) is 1. The Kier molecular flexibility index (Phi) is 4.83. The number of aromatic amines is 1. The highest BCUT2D eigenvalue weighted by atomic mass is 16.4. The van der Waals surface area contributed by atoms with Crippen LogP contribution in [0.2, 0.25) is 0 Å². The third-order valence-electron chi connectivity index (χ3n) is 4.22. The van der Waals surface area contributed by atoms with E-state index in [1.54, 1.807) is 18.3 Å². The fraction of sp³-hybridized carbons (Fsp3) is 0.278. The number of H-pyrrole nitrogens is 1. The number of carbonyl (C=O) groups excluding carboxylic acids is 2. The highest BCUT2D eigenvalue weighted by Crippen LogP contribution is 2.24. The van der Waals surface area contributed by atoms with Gasteiger partial charge in [-0.3, -0.25) is 9.59 Å². The number of ketones is 1. The first-order valence-corrected chi connectivity index (χ1v) is 8.15. The van der Waals surface area contributed by atoms with E-state index >= 15 is 0 Å². The molecular formula is C18H19N3O4. The van der Waals surface area contributed by atoms with Crippen LogP contribution in [0.15, 0.2) is 30.5 Å². The Hall–Kier alpha value is -3.09. The Labute approximate surface area is 144 Å². The highest BCUT2D eigenvalue weighted by molar-refractivity contribution is 6.13. The third kappa shape index (κ3) is 3.88. The van der Waals surface area contributed by atoms with Gasteiger partial charge < -0.3 is 20.7 Å². The zero-order valence-corrected chi connectivity index (χ0v) is 13.6. The highest BCUT2D eigenvalue weighted by Gasteiger charge is 2.25. The number of rotatable bonds is 5.